The van der Waals surface area contributed by atoms with E-state index in [1.165, 1.54) is 35.1 Å². The summed E-state index contributed by atoms with van der Waals surface area (Å²) < 4.78 is 0. The highest BCUT2D eigenvalue weighted by Crippen LogP contribution is 2.47. The highest BCUT2D eigenvalue weighted by atomic mass is 16.4. The molecule has 0 fully saturated rings. The van der Waals surface area contributed by atoms with Gasteiger partial charge in [0.25, 0.3) is 0 Å². The smallest absolute Gasteiger partial charge is 0.328 e. The van der Waals surface area contributed by atoms with Gasteiger partial charge in [-0.1, -0.05) is 33.8 Å². The monoisotopic (exact) mass is 337 g/mol. The van der Waals surface area contributed by atoms with Gasteiger partial charge in [-0.2, -0.15) is 0 Å². The Kier molecular flexibility index (Phi) is 4.14. The van der Waals surface area contributed by atoms with E-state index in [2.05, 4.69) is 51.7 Å². The van der Waals surface area contributed by atoms with E-state index in [1.807, 2.05) is 12.3 Å². The molecule has 3 rings (SSSR count). The predicted octanol–water partition coefficient (Wildman–Crippen LogP) is 5.44. The van der Waals surface area contributed by atoms with Crippen molar-refractivity contribution in [3.8, 4) is 11.1 Å². The lowest BCUT2D eigenvalue weighted by molar-refractivity contribution is -0.131. The highest BCUT2D eigenvalue weighted by Gasteiger charge is 2.37. The summed E-state index contributed by atoms with van der Waals surface area (Å²) in [6, 6.07) is 6.71. The first kappa shape index (κ1) is 17.5. The Bertz CT molecular complexity index is 853. The average molecular weight is 337 g/mol. The summed E-state index contributed by atoms with van der Waals surface area (Å²) in [4.78, 5) is 13.8. The van der Waals surface area contributed by atoms with Gasteiger partial charge in [0.15, 0.2) is 0 Å². The van der Waals surface area contributed by atoms with Crippen LogP contribution in [-0.4, -0.2) is 16.1 Å². The Balaban J connectivity index is 2.09. The molecule has 0 atom stereocenters. The molecule has 3 heteroatoms. The Morgan fingerprint density at radius 1 is 1.08 bits per heavy atom. The number of aryl methyl sites for hydroxylation is 1. The van der Waals surface area contributed by atoms with Gasteiger partial charge in [0.1, 0.15) is 0 Å². The van der Waals surface area contributed by atoms with Crippen molar-refractivity contribution >= 4 is 12.0 Å². The van der Waals surface area contributed by atoms with Crippen LogP contribution in [0.2, 0.25) is 0 Å². The first-order valence-corrected chi connectivity index (χ1v) is 8.85. The van der Waals surface area contributed by atoms with Crippen LogP contribution in [0, 0.1) is 6.92 Å². The van der Waals surface area contributed by atoms with Gasteiger partial charge >= 0.3 is 5.97 Å². The second-order valence-electron chi connectivity index (χ2n) is 8.50. The molecule has 0 saturated carbocycles. The van der Waals surface area contributed by atoms with E-state index in [9.17, 15) is 4.79 Å². The van der Waals surface area contributed by atoms with E-state index in [-0.39, 0.29) is 10.8 Å². The Hall–Kier alpha value is -2.29. The number of aliphatic carboxylic acids is 1. The quantitative estimate of drug-likeness (QED) is 0.733. The minimum absolute atomic E-state index is 0.176. The number of benzene rings is 1. The number of H-pyrrole nitrogens is 1. The van der Waals surface area contributed by atoms with Crippen LogP contribution in [0.15, 0.2) is 30.5 Å². The molecule has 3 nitrogen and oxygen atoms in total. The molecule has 1 aliphatic carbocycles. The number of carboxylic acid groups (broad SMARTS) is 1. The van der Waals surface area contributed by atoms with E-state index in [4.69, 9.17) is 5.11 Å². The first-order chi connectivity index (χ1) is 11.6. The number of hydrogen-bond donors (Lipinski definition) is 2. The highest BCUT2D eigenvalue weighted by molar-refractivity contribution is 5.85. The fourth-order valence-electron chi connectivity index (χ4n) is 3.86. The zero-order valence-corrected chi connectivity index (χ0v) is 15.7. The lowest BCUT2D eigenvalue weighted by atomic mass is 9.62. The minimum atomic E-state index is -0.940. The van der Waals surface area contributed by atoms with E-state index in [0.29, 0.717) is 0 Å². The van der Waals surface area contributed by atoms with Crippen molar-refractivity contribution in [3.63, 3.8) is 0 Å². The first-order valence-electron chi connectivity index (χ1n) is 8.85. The number of nitrogens with one attached hydrogen (secondary N) is 1. The molecule has 0 spiro atoms. The van der Waals surface area contributed by atoms with Crippen molar-refractivity contribution in [2.45, 2.75) is 58.3 Å². The molecule has 25 heavy (non-hydrogen) atoms. The fraction of sp³-hybridized carbons (Fsp3) is 0.409. The second kappa shape index (κ2) is 5.91. The minimum Gasteiger partial charge on any atom is -0.478 e. The maximum atomic E-state index is 10.7. The molecular weight excluding hydrogens is 310 g/mol. The lowest BCUT2D eigenvalue weighted by Gasteiger charge is -2.42. The number of aromatic amines is 1. The third-order valence-electron chi connectivity index (χ3n) is 5.62. The van der Waals surface area contributed by atoms with Crippen LogP contribution in [0.5, 0.6) is 0 Å². The Morgan fingerprint density at radius 2 is 1.68 bits per heavy atom. The van der Waals surface area contributed by atoms with Crippen molar-refractivity contribution in [2.75, 3.05) is 0 Å². The second-order valence-corrected chi connectivity index (χ2v) is 8.50. The number of carbonyl (C=O) groups is 1. The number of carboxylic acids is 1. The van der Waals surface area contributed by atoms with Crippen LogP contribution in [-0.2, 0) is 15.6 Å². The molecule has 2 aromatic rings. The Labute approximate surface area is 149 Å². The van der Waals surface area contributed by atoms with Crippen LogP contribution in [0.25, 0.3) is 17.2 Å². The maximum Gasteiger partial charge on any atom is 0.328 e. The zero-order chi connectivity index (χ0) is 18.4. The number of hydrogen-bond acceptors (Lipinski definition) is 1. The van der Waals surface area contributed by atoms with Crippen molar-refractivity contribution < 1.29 is 9.90 Å². The molecule has 0 bridgehead atoms. The maximum absolute atomic E-state index is 10.7. The normalized spacial score (nSPS) is 18.3. The molecule has 1 aliphatic rings. The SMILES string of the molecule is Cc1cc2c(cc1-c1c[nH]c(/C=C/C(=O)O)c1)C(C)(C)CCC2(C)C. The molecule has 132 valence electrons. The van der Waals surface area contributed by atoms with Gasteiger partial charge in [0, 0.05) is 18.0 Å². The summed E-state index contributed by atoms with van der Waals surface area (Å²) in [7, 11) is 0. The van der Waals surface area contributed by atoms with E-state index < -0.39 is 5.97 Å². The Morgan fingerprint density at radius 3 is 2.28 bits per heavy atom. The molecule has 0 saturated heterocycles. The summed E-state index contributed by atoms with van der Waals surface area (Å²) in [6.45, 7) is 11.5. The summed E-state index contributed by atoms with van der Waals surface area (Å²) in [5, 5.41) is 8.78. The molecule has 0 amide bonds. The number of aromatic nitrogens is 1. The molecule has 0 aliphatic heterocycles. The molecule has 1 aromatic carbocycles. The van der Waals surface area contributed by atoms with Gasteiger partial charge in [0.2, 0.25) is 0 Å². The molecule has 0 unspecified atom stereocenters. The van der Waals surface area contributed by atoms with E-state index in [0.717, 1.165) is 17.3 Å². The lowest BCUT2D eigenvalue weighted by Crippen LogP contribution is -2.34. The standard InChI is InChI=1S/C22H27NO2/c1-14-10-18-19(22(4,5)9-8-21(18,2)3)12-17(14)15-11-16(23-13-15)6-7-20(24)25/h6-7,10-13,23H,8-9H2,1-5H3,(H,24,25)/b7-6+. The van der Waals surface area contributed by atoms with Crippen molar-refractivity contribution in [1.29, 1.82) is 0 Å². The number of rotatable bonds is 3. The average Bonchev–Trinajstić information content (AvgIpc) is 2.98. The third kappa shape index (κ3) is 3.28. The molecular formula is C22H27NO2. The summed E-state index contributed by atoms with van der Waals surface area (Å²) in [5.74, 6) is -0.940. The summed E-state index contributed by atoms with van der Waals surface area (Å²) in [6.07, 6.45) is 7.10. The van der Waals surface area contributed by atoms with Gasteiger partial charge in [0.05, 0.1) is 0 Å². The van der Waals surface area contributed by atoms with Crippen molar-refractivity contribution in [1.82, 2.24) is 4.98 Å². The third-order valence-corrected chi connectivity index (χ3v) is 5.62. The van der Waals surface area contributed by atoms with Crippen LogP contribution >= 0.6 is 0 Å². The van der Waals surface area contributed by atoms with Gasteiger partial charge < -0.3 is 10.1 Å². The van der Waals surface area contributed by atoms with Crippen LogP contribution < -0.4 is 0 Å². The summed E-state index contributed by atoms with van der Waals surface area (Å²) >= 11 is 0. The van der Waals surface area contributed by atoms with E-state index >= 15 is 0 Å². The molecule has 1 heterocycles. The molecule has 1 aromatic heterocycles. The van der Waals surface area contributed by atoms with Gasteiger partial charge in [-0.25, -0.2) is 4.79 Å². The fourth-order valence-corrected chi connectivity index (χ4v) is 3.86. The van der Waals surface area contributed by atoms with Crippen LogP contribution in [0.1, 0.15) is 62.9 Å². The summed E-state index contributed by atoms with van der Waals surface area (Å²) in [5.41, 5.74) is 7.67. The van der Waals surface area contributed by atoms with Crippen molar-refractivity contribution in [2.24, 2.45) is 0 Å². The van der Waals surface area contributed by atoms with Crippen LogP contribution in [0.4, 0.5) is 0 Å². The number of fused-ring (bicyclic) bond motifs is 1. The van der Waals surface area contributed by atoms with Crippen molar-refractivity contribution in [3.05, 3.63) is 52.9 Å². The van der Waals surface area contributed by atoms with E-state index in [1.54, 1.807) is 6.08 Å². The topological polar surface area (TPSA) is 53.1 Å². The van der Waals surface area contributed by atoms with Gasteiger partial charge in [-0.05, 0) is 76.6 Å². The molecule has 0 radical (unpaired) electrons. The predicted molar refractivity (Wildman–Crippen MR) is 103 cm³/mol. The molecule has 2 N–H and O–H groups in total. The van der Waals surface area contributed by atoms with Gasteiger partial charge in [-0.3, -0.25) is 0 Å². The van der Waals surface area contributed by atoms with Gasteiger partial charge in [-0.15, -0.1) is 0 Å². The van der Waals surface area contributed by atoms with Crippen LogP contribution in [0.3, 0.4) is 0 Å². The zero-order valence-electron chi connectivity index (χ0n) is 15.7. The largest absolute Gasteiger partial charge is 0.478 e.